The van der Waals surface area contributed by atoms with E-state index >= 15 is 0 Å². The second-order valence-electron chi connectivity index (χ2n) is 8.50. The highest BCUT2D eigenvalue weighted by Gasteiger charge is 2.29. The van der Waals surface area contributed by atoms with Crippen molar-refractivity contribution in [1.82, 2.24) is 9.80 Å². The summed E-state index contributed by atoms with van der Waals surface area (Å²) in [5.74, 6) is 0.540. The maximum absolute atomic E-state index is 12.8. The summed E-state index contributed by atoms with van der Waals surface area (Å²) in [5, 5.41) is 3.17. The van der Waals surface area contributed by atoms with Crippen LogP contribution in [0, 0.1) is 5.92 Å². The number of anilines is 1. The number of nitrogens with zero attached hydrogens (tertiary/aromatic N) is 2. The van der Waals surface area contributed by atoms with E-state index in [0.29, 0.717) is 12.5 Å². The van der Waals surface area contributed by atoms with E-state index in [4.69, 9.17) is 0 Å². The van der Waals surface area contributed by atoms with Crippen LogP contribution in [0.4, 0.5) is 5.69 Å². The molecule has 2 aliphatic heterocycles. The van der Waals surface area contributed by atoms with Gasteiger partial charge in [-0.15, -0.1) is 0 Å². The standard InChI is InChI=1S/C24H37N3O2/c1-3-19-10-9-11-20(4-2)23(19)25-22(28)18-26-16-12-21(13-17-26)24(29)27-14-7-5-6-8-15-27/h9-11,21H,3-8,12-18H2,1-2H3,(H,25,28). The smallest absolute Gasteiger partial charge is 0.238 e. The first-order valence-corrected chi connectivity index (χ1v) is 11.5. The Labute approximate surface area is 175 Å². The number of carbonyl (C=O) groups excluding carboxylic acids is 2. The molecule has 0 atom stereocenters. The molecule has 160 valence electrons. The van der Waals surface area contributed by atoms with Crippen molar-refractivity contribution >= 4 is 17.5 Å². The van der Waals surface area contributed by atoms with Crippen LogP contribution in [0.2, 0.25) is 0 Å². The van der Waals surface area contributed by atoms with Gasteiger partial charge >= 0.3 is 0 Å². The molecule has 5 heteroatoms. The minimum absolute atomic E-state index is 0.0536. The third-order valence-corrected chi connectivity index (χ3v) is 6.49. The van der Waals surface area contributed by atoms with Crippen LogP contribution in [0.25, 0.3) is 0 Å². The van der Waals surface area contributed by atoms with Gasteiger partial charge in [-0.3, -0.25) is 14.5 Å². The van der Waals surface area contributed by atoms with Crippen molar-refractivity contribution in [3.05, 3.63) is 29.3 Å². The van der Waals surface area contributed by atoms with Gasteiger partial charge in [0.05, 0.1) is 6.54 Å². The topological polar surface area (TPSA) is 52.7 Å². The summed E-state index contributed by atoms with van der Waals surface area (Å²) in [5.41, 5.74) is 3.38. The second-order valence-corrected chi connectivity index (χ2v) is 8.50. The molecule has 5 nitrogen and oxygen atoms in total. The van der Waals surface area contributed by atoms with E-state index in [9.17, 15) is 9.59 Å². The first-order chi connectivity index (χ1) is 14.1. The first-order valence-electron chi connectivity index (χ1n) is 11.5. The van der Waals surface area contributed by atoms with Crippen LogP contribution in [-0.4, -0.2) is 54.3 Å². The maximum Gasteiger partial charge on any atom is 0.238 e. The SMILES string of the molecule is CCc1cccc(CC)c1NC(=O)CN1CCC(C(=O)N2CCCCCC2)CC1. The van der Waals surface area contributed by atoms with Crippen LogP contribution >= 0.6 is 0 Å². The summed E-state index contributed by atoms with van der Waals surface area (Å²) in [7, 11) is 0. The molecule has 3 rings (SSSR count). The number of aryl methyl sites for hydroxylation is 2. The number of hydrogen-bond acceptors (Lipinski definition) is 3. The van der Waals surface area contributed by atoms with Crippen molar-refractivity contribution in [3.8, 4) is 0 Å². The molecule has 2 fully saturated rings. The Balaban J connectivity index is 1.49. The average Bonchev–Trinajstić information content (AvgIpc) is 3.03. The van der Waals surface area contributed by atoms with Crippen LogP contribution in [0.15, 0.2) is 18.2 Å². The summed E-state index contributed by atoms with van der Waals surface area (Å²) >= 11 is 0. The van der Waals surface area contributed by atoms with E-state index in [-0.39, 0.29) is 11.8 Å². The molecule has 29 heavy (non-hydrogen) atoms. The van der Waals surface area contributed by atoms with Gasteiger partial charge in [-0.1, -0.05) is 44.9 Å². The van der Waals surface area contributed by atoms with Crippen molar-refractivity contribution in [2.45, 2.75) is 65.2 Å². The van der Waals surface area contributed by atoms with Gasteiger partial charge in [-0.2, -0.15) is 0 Å². The Morgan fingerprint density at radius 3 is 2.07 bits per heavy atom. The highest BCUT2D eigenvalue weighted by Crippen LogP contribution is 2.24. The number of hydrogen-bond donors (Lipinski definition) is 1. The van der Waals surface area contributed by atoms with Crippen LogP contribution in [-0.2, 0) is 22.4 Å². The molecule has 2 heterocycles. The molecule has 1 aromatic carbocycles. The quantitative estimate of drug-likeness (QED) is 0.790. The summed E-state index contributed by atoms with van der Waals surface area (Å²) in [4.78, 5) is 29.8. The van der Waals surface area contributed by atoms with Crippen LogP contribution in [0.3, 0.4) is 0 Å². The Hall–Kier alpha value is -1.88. The fourth-order valence-electron chi connectivity index (χ4n) is 4.67. The minimum atomic E-state index is 0.0536. The van der Waals surface area contributed by atoms with Crippen LogP contribution in [0.5, 0.6) is 0 Å². The zero-order chi connectivity index (χ0) is 20.6. The molecule has 2 saturated heterocycles. The fourth-order valence-corrected chi connectivity index (χ4v) is 4.67. The number of para-hydroxylation sites is 1. The van der Waals surface area contributed by atoms with Gasteiger partial charge < -0.3 is 10.2 Å². The van der Waals surface area contributed by atoms with E-state index in [0.717, 1.165) is 70.4 Å². The molecule has 0 radical (unpaired) electrons. The zero-order valence-corrected chi connectivity index (χ0v) is 18.2. The Morgan fingerprint density at radius 2 is 1.52 bits per heavy atom. The van der Waals surface area contributed by atoms with Gasteiger partial charge in [-0.05, 0) is 62.7 Å². The molecule has 1 aromatic rings. The Bertz CT molecular complexity index is 665. The monoisotopic (exact) mass is 399 g/mol. The molecule has 0 spiro atoms. The van der Waals surface area contributed by atoms with Crippen molar-refractivity contribution in [1.29, 1.82) is 0 Å². The summed E-state index contributed by atoms with van der Waals surface area (Å²) < 4.78 is 0. The third kappa shape index (κ3) is 5.81. The van der Waals surface area contributed by atoms with Gasteiger partial charge in [0.2, 0.25) is 11.8 Å². The lowest BCUT2D eigenvalue weighted by Crippen LogP contribution is -2.44. The van der Waals surface area contributed by atoms with Gasteiger partial charge in [0.1, 0.15) is 0 Å². The molecule has 1 N–H and O–H groups in total. The minimum Gasteiger partial charge on any atom is -0.342 e. The molecule has 0 aliphatic carbocycles. The van der Waals surface area contributed by atoms with Gasteiger partial charge in [0.25, 0.3) is 0 Å². The number of benzene rings is 1. The molecule has 2 aliphatic rings. The van der Waals surface area contributed by atoms with E-state index in [1.807, 2.05) is 0 Å². The van der Waals surface area contributed by atoms with Crippen molar-refractivity contribution in [2.75, 3.05) is 38.0 Å². The molecule has 0 unspecified atom stereocenters. The van der Waals surface area contributed by atoms with Gasteiger partial charge in [0, 0.05) is 24.7 Å². The highest BCUT2D eigenvalue weighted by atomic mass is 16.2. The number of likely N-dealkylation sites (tertiary alicyclic amines) is 2. The van der Waals surface area contributed by atoms with Crippen molar-refractivity contribution in [2.24, 2.45) is 5.92 Å². The van der Waals surface area contributed by atoms with E-state index in [1.54, 1.807) is 0 Å². The number of carbonyl (C=O) groups is 2. The Kier molecular flexibility index (Phi) is 8.10. The number of rotatable bonds is 6. The Morgan fingerprint density at radius 1 is 0.931 bits per heavy atom. The van der Waals surface area contributed by atoms with E-state index in [2.05, 4.69) is 47.2 Å². The largest absolute Gasteiger partial charge is 0.342 e. The zero-order valence-electron chi connectivity index (χ0n) is 18.2. The number of nitrogens with one attached hydrogen (secondary N) is 1. The first kappa shape index (κ1) is 21.8. The molecular formula is C24H37N3O2. The lowest BCUT2D eigenvalue weighted by molar-refractivity contribution is -0.137. The highest BCUT2D eigenvalue weighted by molar-refractivity contribution is 5.94. The predicted molar refractivity (Wildman–Crippen MR) is 118 cm³/mol. The average molecular weight is 400 g/mol. The van der Waals surface area contributed by atoms with Crippen molar-refractivity contribution < 1.29 is 9.59 Å². The predicted octanol–water partition coefficient (Wildman–Crippen LogP) is 3.86. The number of piperidine rings is 1. The van der Waals surface area contributed by atoms with Crippen LogP contribution < -0.4 is 5.32 Å². The van der Waals surface area contributed by atoms with Gasteiger partial charge in [-0.25, -0.2) is 0 Å². The normalized spacial score (nSPS) is 19.0. The summed E-state index contributed by atoms with van der Waals surface area (Å²) in [6, 6.07) is 6.25. The molecule has 0 aromatic heterocycles. The van der Waals surface area contributed by atoms with Gasteiger partial charge in [0.15, 0.2) is 0 Å². The van der Waals surface area contributed by atoms with Crippen molar-refractivity contribution in [3.63, 3.8) is 0 Å². The molecular weight excluding hydrogens is 362 g/mol. The fraction of sp³-hybridized carbons (Fsp3) is 0.667. The van der Waals surface area contributed by atoms with E-state index < -0.39 is 0 Å². The maximum atomic E-state index is 12.8. The van der Waals surface area contributed by atoms with E-state index in [1.165, 1.54) is 24.0 Å². The molecule has 2 amide bonds. The second kappa shape index (κ2) is 10.8. The third-order valence-electron chi connectivity index (χ3n) is 6.49. The lowest BCUT2D eigenvalue weighted by atomic mass is 9.95. The number of amides is 2. The molecule has 0 saturated carbocycles. The lowest BCUT2D eigenvalue weighted by Gasteiger charge is -2.33. The van der Waals surface area contributed by atoms with Crippen LogP contribution in [0.1, 0.15) is 63.5 Å². The molecule has 0 bridgehead atoms. The summed E-state index contributed by atoms with van der Waals surface area (Å²) in [6.45, 7) is 8.16. The summed E-state index contributed by atoms with van der Waals surface area (Å²) in [6.07, 6.45) is 8.34.